The Labute approximate surface area is 96.4 Å². The van der Waals surface area contributed by atoms with Crippen molar-refractivity contribution in [3.8, 4) is 0 Å². The van der Waals surface area contributed by atoms with Crippen LogP contribution in [0.5, 0.6) is 0 Å². The fourth-order valence-corrected chi connectivity index (χ4v) is 1.43. The number of nitrogens with zero attached hydrogens (tertiary/aromatic N) is 1. The highest BCUT2D eigenvalue weighted by Gasteiger charge is 2.23. The van der Waals surface area contributed by atoms with Gasteiger partial charge < -0.3 is 0 Å². The average Bonchev–Trinajstić information content (AvgIpc) is 1.99. The van der Waals surface area contributed by atoms with Crippen LogP contribution in [-0.2, 0) is 0 Å². The Bertz CT molecular complexity index is 200. The molecule has 90 valence electrons. The average molecular weight is 211 g/mol. The van der Waals surface area contributed by atoms with E-state index < -0.39 is 0 Å². The molecule has 0 spiro atoms. The first kappa shape index (κ1) is 14.7. The molecule has 1 nitrogen and oxygen atoms in total. The van der Waals surface area contributed by atoms with Crippen molar-refractivity contribution in [2.45, 2.75) is 67.7 Å². The van der Waals surface area contributed by atoms with Gasteiger partial charge in [0.05, 0.1) is 0 Å². The van der Waals surface area contributed by atoms with Crippen molar-refractivity contribution < 1.29 is 0 Å². The first-order valence-corrected chi connectivity index (χ1v) is 6.20. The van der Waals surface area contributed by atoms with Gasteiger partial charge in [0.25, 0.3) is 0 Å². The summed E-state index contributed by atoms with van der Waals surface area (Å²) in [6.07, 6.45) is 3.56. The molecular formula is C14H29N. The summed E-state index contributed by atoms with van der Waals surface area (Å²) < 4.78 is 0. The minimum absolute atomic E-state index is 0.223. The van der Waals surface area contributed by atoms with Gasteiger partial charge in [-0.05, 0) is 23.7 Å². The third kappa shape index (κ3) is 7.58. The molecule has 1 heteroatoms. The summed E-state index contributed by atoms with van der Waals surface area (Å²) in [4.78, 5) is 4.79. The van der Waals surface area contributed by atoms with E-state index in [-0.39, 0.29) is 5.41 Å². The van der Waals surface area contributed by atoms with Crippen LogP contribution in [0.4, 0.5) is 0 Å². The molecule has 0 rings (SSSR count). The molecule has 0 aliphatic heterocycles. The summed E-state index contributed by atoms with van der Waals surface area (Å²) in [5.74, 6) is 0. The lowest BCUT2D eigenvalue weighted by Crippen LogP contribution is -2.26. The van der Waals surface area contributed by atoms with Crippen molar-refractivity contribution in [1.29, 1.82) is 0 Å². The summed E-state index contributed by atoms with van der Waals surface area (Å²) >= 11 is 0. The molecule has 0 heterocycles. The van der Waals surface area contributed by atoms with Crippen LogP contribution < -0.4 is 0 Å². The molecule has 0 aliphatic rings. The Morgan fingerprint density at radius 2 is 1.53 bits per heavy atom. The SMILES string of the molecule is CCCCN=C(CC(C)(C)C)C(C)(C)C. The van der Waals surface area contributed by atoms with E-state index >= 15 is 0 Å². The number of aliphatic imine (C=N–C) groups is 1. The van der Waals surface area contributed by atoms with Gasteiger partial charge in [-0.1, -0.05) is 54.9 Å². The third-order valence-corrected chi connectivity index (χ3v) is 2.38. The Morgan fingerprint density at radius 3 is 1.87 bits per heavy atom. The highest BCUT2D eigenvalue weighted by molar-refractivity contribution is 5.89. The third-order valence-electron chi connectivity index (χ3n) is 2.38. The maximum atomic E-state index is 4.79. The summed E-state index contributed by atoms with van der Waals surface area (Å²) in [6.45, 7) is 16.9. The van der Waals surface area contributed by atoms with Gasteiger partial charge in [0.1, 0.15) is 0 Å². The lowest BCUT2D eigenvalue weighted by molar-refractivity contribution is 0.412. The summed E-state index contributed by atoms with van der Waals surface area (Å²) in [5.41, 5.74) is 1.95. The van der Waals surface area contributed by atoms with E-state index in [1.54, 1.807) is 0 Å². The van der Waals surface area contributed by atoms with Gasteiger partial charge in [-0.15, -0.1) is 0 Å². The van der Waals surface area contributed by atoms with Gasteiger partial charge in [0, 0.05) is 12.3 Å². The van der Waals surface area contributed by atoms with Crippen molar-refractivity contribution in [2.24, 2.45) is 15.8 Å². The van der Waals surface area contributed by atoms with Gasteiger partial charge in [-0.3, -0.25) is 4.99 Å². The van der Waals surface area contributed by atoms with Crippen molar-refractivity contribution in [3.63, 3.8) is 0 Å². The van der Waals surface area contributed by atoms with Crippen LogP contribution in [0.25, 0.3) is 0 Å². The Balaban J connectivity index is 4.53. The standard InChI is InChI=1S/C14H29N/c1-8-9-10-15-12(14(5,6)7)11-13(2,3)4/h8-11H2,1-7H3. The number of rotatable bonds is 4. The van der Waals surface area contributed by atoms with E-state index in [0.29, 0.717) is 5.41 Å². The lowest BCUT2D eigenvalue weighted by Gasteiger charge is -2.28. The molecule has 0 aromatic heterocycles. The van der Waals surface area contributed by atoms with Crippen LogP contribution >= 0.6 is 0 Å². The van der Waals surface area contributed by atoms with E-state index in [2.05, 4.69) is 48.5 Å². The molecule has 0 fully saturated rings. The zero-order valence-electron chi connectivity index (χ0n) is 11.8. The fraction of sp³-hybridized carbons (Fsp3) is 0.929. The van der Waals surface area contributed by atoms with E-state index in [9.17, 15) is 0 Å². The molecule has 0 aromatic rings. The minimum atomic E-state index is 0.223. The van der Waals surface area contributed by atoms with E-state index in [1.807, 2.05) is 0 Å². The minimum Gasteiger partial charge on any atom is -0.294 e. The molecule has 0 radical (unpaired) electrons. The quantitative estimate of drug-likeness (QED) is 0.472. The van der Waals surface area contributed by atoms with Crippen LogP contribution in [0, 0.1) is 10.8 Å². The van der Waals surface area contributed by atoms with Gasteiger partial charge in [0.2, 0.25) is 0 Å². The van der Waals surface area contributed by atoms with Gasteiger partial charge in [-0.25, -0.2) is 0 Å². The second-order valence-electron chi connectivity index (χ2n) is 6.67. The van der Waals surface area contributed by atoms with Gasteiger partial charge in [0.15, 0.2) is 0 Å². The molecule has 0 aromatic carbocycles. The predicted octanol–water partition coefficient (Wildman–Crippen LogP) is 4.71. The van der Waals surface area contributed by atoms with Crippen molar-refractivity contribution >= 4 is 5.71 Å². The number of hydrogen-bond acceptors (Lipinski definition) is 1. The normalized spacial score (nSPS) is 14.5. The molecule has 0 saturated heterocycles. The lowest BCUT2D eigenvalue weighted by atomic mass is 9.79. The fourth-order valence-electron chi connectivity index (χ4n) is 1.43. The van der Waals surface area contributed by atoms with Gasteiger partial charge in [-0.2, -0.15) is 0 Å². The molecule has 0 amide bonds. The van der Waals surface area contributed by atoms with Crippen molar-refractivity contribution in [3.05, 3.63) is 0 Å². The summed E-state index contributed by atoms with van der Waals surface area (Å²) in [7, 11) is 0. The Hall–Kier alpha value is -0.330. The molecule has 0 bridgehead atoms. The maximum absolute atomic E-state index is 4.79. The summed E-state index contributed by atoms with van der Waals surface area (Å²) in [5, 5.41) is 0. The molecule has 0 N–H and O–H groups in total. The molecule has 0 unspecified atom stereocenters. The highest BCUT2D eigenvalue weighted by Crippen LogP contribution is 2.28. The molecule has 0 aliphatic carbocycles. The number of unbranched alkanes of at least 4 members (excludes halogenated alkanes) is 1. The zero-order valence-corrected chi connectivity index (χ0v) is 11.8. The van der Waals surface area contributed by atoms with Crippen LogP contribution in [0.1, 0.15) is 67.7 Å². The zero-order chi connectivity index (χ0) is 12.1. The maximum Gasteiger partial charge on any atom is 0.0388 e. The van der Waals surface area contributed by atoms with Crippen LogP contribution in [0.15, 0.2) is 4.99 Å². The highest BCUT2D eigenvalue weighted by atomic mass is 14.7. The largest absolute Gasteiger partial charge is 0.294 e. The van der Waals surface area contributed by atoms with Crippen LogP contribution in [-0.4, -0.2) is 12.3 Å². The van der Waals surface area contributed by atoms with Crippen LogP contribution in [0.2, 0.25) is 0 Å². The van der Waals surface area contributed by atoms with E-state index in [4.69, 9.17) is 4.99 Å². The Morgan fingerprint density at radius 1 is 1.00 bits per heavy atom. The van der Waals surface area contributed by atoms with Crippen LogP contribution in [0.3, 0.4) is 0 Å². The smallest absolute Gasteiger partial charge is 0.0388 e. The first-order valence-electron chi connectivity index (χ1n) is 6.20. The second kappa shape index (κ2) is 5.67. The molecule has 15 heavy (non-hydrogen) atoms. The molecule has 0 saturated carbocycles. The van der Waals surface area contributed by atoms with Gasteiger partial charge >= 0.3 is 0 Å². The molecule has 0 atom stereocenters. The van der Waals surface area contributed by atoms with E-state index in [0.717, 1.165) is 13.0 Å². The van der Waals surface area contributed by atoms with Crippen molar-refractivity contribution in [1.82, 2.24) is 0 Å². The number of hydrogen-bond donors (Lipinski definition) is 0. The molecular weight excluding hydrogens is 182 g/mol. The summed E-state index contributed by atoms with van der Waals surface area (Å²) in [6, 6.07) is 0. The van der Waals surface area contributed by atoms with Crippen molar-refractivity contribution in [2.75, 3.05) is 6.54 Å². The topological polar surface area (TPSA) is 12.4 Å². The predicted molar refractivity (Wildman–Crippen MR) is 70.7 cm³/mol. The Kier molecular flexibility index (Phi) is 5.55. The first-order chi connectivity index (χ1) is 6.67. The monoisotopic (exact) mass is 211 g/mol. The second-order valence-corrected chi connectivity index (χ2v) is 6.67. The van der Waals surface area contributed by atoms with E-state index in [1.165, 1.54) is 18.6 Å².